The molecule has 5 aliphatic carbocycles. The number of rotatable bonds is 2. The molecule has 5 fully saturated rings. The van der Waals surface area contributed by atoms with Crippen molar-refractivity contribution in [2.45, 2.75) is 126 Å². The fraction of sp³-hybridized carbons (Fsp3) is 0.906. The Balaban J connectivity index is 1.50. The molecular formula is C32H52O2. The third kappa shape index (κ3) is 3.08. The summed E-state index contributed by atoms with van der Waals surface area (Å²) in [7, 11) is 0. The van der Waals surface area contributed by atoms with Gasteiger partial charge in [0.1, 0.15) is 6.10 Å². The van der Waals surface area contributed by atoms with Crippen LogP contribution in [0.4, 0.5) is 0 Å². The summed E-state index contributed by atoms with van der Waals surface area (Å²) in [6.07, 6.45) is 13.4. The van der Waals surface area contributed by atoms with Crippen molar-refractivity contribution in [1.82, 2.24) is 0 Å². The van der Waals surface area contributed by atoms with Crippen LogP contribution in [0.2, 0.25) is 0 Å². The summed E-state index contributed by atoms with van der Waals surface area (Å²) in [5.74, 6) is 3.74. The lowest BCUT2D eigenvalue weighted by Crippen LogP contribution is -2.66. The van der Waals surface area contributed by atoms with Crippen molar-refractivity contribution >= 4 is 5.97 Å². The minimum absolute atomic E-state index is 0.0550. The predicted molar refractivity (Wildman–Crippen MR) is 140 cm³/mol. The van der Waals surface area contributed by atoms with Crippen LogP contribution in [-0.2, 0) is 9.53 Å². The predicted octanol–water partition coefficient (Wildman–Crippen LogP) is 8.60. The Morgan fingerprint density at radius 1 is 0.765 bits per heavy atom. The number of fused-ring (bicyclic) bond motifs is 7. The zero-order chi connectivity index (χ0) is 24.9. The third-order valence-corrected chi connectivity index (χ3v) is 13.7. The Kier molecular flexibility index (Phi) is 5.57. The van der Waals surface area contributed by atoms with Crippen LogP contribution in [0.3, 0.4) is 0 Å². The molecule has 34 heavy (non-hydrogen) atoms. The average molecular weight is 469 g/mol. The summed E-state index contributed by atoms with van der Waals surface area (Å²) < 4.78 is 5.91. The maximum absolute atomic E-state index is 11.9. The van der Waals surface area contributed by atoms with Crippen LogP contribution < -0.4 is 0 Å². The van der Waals surface area contributed by atoms with Crippen LogP contribution >= 0.6 is 0 Å². The maximum Gasteiger partial charge on any atom is 0.302 e. The highest BCUT2D eigenvalue weighted by Gasteiger charge is 2.70. The molecule has 0 heterocycles. The Hall–Kier alpha value is -0.790. The number of carbonyl (C=O) groups excluding carboxylic acids is 1. The highest BCUT2D eigenvalue weighted by Crippen LogP contribution is 2.77. The van der Waals surface area contributed by atoms with Gasteiger partial charge in [-0.3, -0.25) is 4.79 Å². The van der Waals surface area contributed by atoms with E-state index in [1.807, 2.05) is 0 Å². The molecule has 0 spiro atoms. The van der Waals surface area contributed by atoms with E-state index in [-0.39, 0.29) is 17.5 Å². The number of ether oxygens (including phenoxy) is 1. The summed E-state index contributed by atoms with van der Waals surface area (Å²) in [5.41, 5.74) is 3.23. The van der Waals surface area contributed by atoms with E-state index in [0.29, 0.717) is 27.6 Å². The van der Waals surface area contributed by atoms with Gasteiger partial charge in [0.2, 0.25) is 0 Å². The molecule has 5 rings (SSSR count). The SMILES string of the molecule is C=C(C)[C@@H]1CC[C@]2(C)CC[C@]3(C)C(CC[C@@H]4[C@@]5(C)CC[C@H](OC(C)=O)C(C)(C)C5CC[C@]43C)[C@@H]12. The number of hydrogen-bond acceptors (Lipinski definition) is 2. The molecule has 0 saturated heterocycles. The summed E-state index contributed by atoms with van der Waals surface area (Å²) in [6.45, 7) is 23.9. The largest absolute Gasteiger partial charge is 0.462 e. The molecule has 0 amide bonds. The van der Waals surface area contributed by atoms with E-state index in [2.05, 4.69) is 55.0 Å². The van der Waals surface area contributed by atoms with Crippen molar-refractivity contribution in [3.05, 3.63) is 12.2 Å². The fourth-order valence-corrected chi connectivity index (χ4v) is 11.9. The zero-order valence-corrected chi connectivity index (χ0v) is 23.6. The first-order valence-electron chi connectivity index (χ1n) is 14.5. The average Bonchev–Trinajstić information content (AvgIpc) is 3.08. The van der Waals surface area contributed by atoms with Crippen molar-refractivity contribution in [1.29, 1.82) is 0 Å². The minimum Gasteiger partial charge on any atom is -0.462 e. The molecule has 0 bridgehead atoms. The minimum atomic E-state index is -0.107. The summed E-state index contributed by atoms with van der Waals surface area (Å²) in [4.78, 5) is 11.9. The molecule has 0 aromatic heterocycles. The number of hydrogen-bond donors (Lipinski definition) is 0. The smallest absolute Gasteiger partial charge is 0.302 e. The van der Waals surface area contributed by atoms with Gasteiger partial charge in [0.25, 0.3) is 0 Å². The summed E-state index contributed by atoms with van der Waals surface area (Å²) >= 11 is 0. The lowest BCUT2D eigenvalue weighted by molar-refractivity contribution is -0.248. The van der Waals surface area contributed by atoms with Crippen LogP contribution in [-0.4, -0.2) is 12.1 Å². The normalized spacial score (nSPS) is 53.6. The van der Waals surface area contributed by atoms with Gasteiger partial charge < -0.3 is 4.74 Å². The number of allylic oxidation sites excluding steroid dienone is 1. The summed E-state index contributed by atoms with van der Waals surface area (Å²) in [5, 5.41) is 0. The molecule has 0 N–H and O–H groups in total. The van der Waals surface area contributed by atoms with Gasteiger partial charge in [-0.2, -0.15) is 0 Å². The molecule has 2 unspecified atom stereocenters. The monoisotopic (exact) mass is 468 g/mol. The molecule has 192 valence electrons. The van der Waals surface area contributed by atoms with Crippen LogP contribution in [0, 0.1) is 56.7 Å². The van der Waals surface area contributed by atoms with Gasteiger partial charge in [-0.1, -0.05) is 53.7 Å². The van der Waals surface area contributed by atoms with Crippen molar-refractivity contribution in [3.8, 4) is 0 Å². The van der Waals surface area contributed by atoms with Gasteiger partial charge in [0.15, 0.2) is 0 Å². The molecule has 0 aliphatic heterocycles. The second kappa shape index (κ2) is 7.61. The van der Waals surface area contributed by atoms with Crippen LogP contribution in [0.15, 0.2) is 12.2 Å². The Labute approximate surface area is 210 Å². The van der Waals surface area contributed by atoms with E-state index in [4.69, 9.17) is 4.74 Å². The Bertz CT molecular complexity index is 872. The van der Waals surface area contributed by atoms with Gasteiger partial charge in [-0.15, -0.1) is 0 Å². The molecular weight excluding hydrogens is 416 g/mol. The van der Waals surface area contributed by atoms with Gasteiger partial charge in [0.05, 0.1) is 0 Å². The van der Waals surface area contributed by atoms with Crippen molar-refractivity contribution < 1.29 is 9.53 Å². The van der Waals surface area contributed by atoms with Crippen molar-refractivity contribution in [3.63, 3.8) is 0 Å². The Morgan fingerprint density at radius 2 is 1.47 bits per heavy atom. The standard InChI is InChI=1S/C32H52O2/c1-20(2)22-12-15-29(6)18-19-31(8)23(27(22)29)10-11-25-30(7)16-14-26(34-21(3)33)28(4,5)24(30)13-17-32(25,31)9/h22-27H,1,10-19H2,2-9H3/t22-,23?,24?,25+,26-,27+,29+,30-,31+,32+/m0/s1. The zero-order valence-electron chi connectivity index (χ0n) is 23.6. The molecule has 5 aliphatic rings. The van der Waals surface area contributed by atoms with Gasteiger partial charge in [0, 0.05) is 12.3 Å². The maximum atomic E-state index is 11.9. The summed E-state index contributed by atoms with van der Waals surface area (Å²) in [6, 6.07) is 0. The number of carbonyl (C=O) groups is 1. The van der Waals surface area contributed by atoms with Crippen LogP contribution in [0.25, 0.3) is 0 Å². The van der Waals surface area contributed by atoms with E-state index in [0.717, 1.165) is 30.1 Å². The fourth-order valence-electron chi connectivity index (χ4n) is 11.9. The quantitative estimate of drug-likeness (QED) is 0.299. The molecule has 0 aromatic carbocycles. The van der Waals surface area contributed by atoms with E-state index in [1.165, 1.54) is 63.4 Å². The molecule has 2 heteroatoms. The van der Waals surface area contributed by atoms with Crippen LogP contribution in [0.5, 0.6) is 0 Å². The topological polar surface area (TPSA) is 26.3 Å². The highest BCUT2D eigenvalue weighted by molar-refractivity contribution is 5.66. The molecule has 2 nitrogen and oxygen atoms in total. The molecule has 0 aromatic rings. The highest BCUT2D eigenvalue weighted by atomic mass is 16.5. The van der Waals surface area contributed by atoms with E-state index in [9.17, 15) is 4.79 Å². The molecule has 0 radical (unpaired) electrons. The van der Waals surface area contributed by atoms with Gasteiger partial charge in [-0.25, -0.2) is 0 Å². The second-order valence-electron chi connectivity index (χ2n) is 15.3. The molecule has 10 atom stereocenters. The van der Waals surface area contributed by atoms with Gasteiger partial charge >= 0.3 is 5.97 Å². The van der Waals surface area contributed by atoms with E-state index >= 15 is 0 Å². The second-order valence-corrected chi connectivity index (χ2v) is 15.3. The first-order valence-corrected chi connectivity index (χ1v) is 14.5. The lowest BCUT2D eigenvalue weighted by Gasteiger charge is -2.73. The third-order valence-electron chi connectivity index (χ3n) is 13.7. The van der Waals surface area contributed by atoms with E-state index < -0.39 is 0 Å². The van der Waals surface area contributed by atoms with Gasteiger partial charge in [-0.05, 0) is 122 Å². The first-order chi connectivity index (χ1) is 15.7. The van der Waals surface area contributed by atoms with E-state index in [1.54, 1.807) is 6.92 Å². The van der Waals surface area contributed by atoms with Crippen molar-refractivity contribution in [2.75, 3.05) is 0 Å². The molecule has 5 saturated carbocycles. The van der Waals surface area contributed by atoms with Crippen molar-refractivity contribution in [2.24, 2.45) is 56.7 Å². The lowest BCUT2D eigenvalue weighted by atomic mass is 9.32. The van der Waals surface area contributed by atoms with Crippen LogP contribution in [0.1, 0.15) is 120 Å². The Morgan fingerprint density at radius 3 is 2.12 bits per heavy atom. The number of esters is 1. The first kappa shape index (κ1) is 24.9.